The van der Waals surface area contributed by atoms with E-state index in [9.17, 15) is 0 Å². The summed E-state index contributed by atoms with van der Waals surface area (Å²) in [6.45, 7) is 5.05. The van der Waals surface area contributed by atoms with Crippen LogP contribution >= 0.6 is 0 Å². The zero-order valence-electron chi connectivity index (χ0n) is 11.5. The minimum atomic E-state index is 0.202. The summed E-state index contributed by atoms with van der Waals surface area (Å²) < 4.78 is 5.82. The second-order valence-corrected chi connectivity index (χ2v) is 4.75. The number of hydrogen-bond acceptors (Lipinski definition) is 5. The Labute approximate surface area is 112 Å². The maximum atomic E-state index is 5.82. The maximum absolute atomic E-state index is 5.82. The summed E-state index contributed by atoms with van der Waals surface area (Å²) in [7, 11) is 0. The molecule has 2 heterocycles. The first-order chi connectivity index (χ1) is 9.24. The monoisotopic (exact) mass is 263 g/mol. The molecule has 6 heteroatoms. The van der Waals surface area contributed by atoms with Crippen LogP contribution < -0.4 is 10.5 Å². The van der Waals surface area contributed by atoms with Crippen molar-refractivity contribution in [2.45, 2.75) is 39.5 Å². The highest BCUT2D eigenvalue weighted by molar-refractivity contribution is 5.80. The van der Waals surface area contributed by atoms with Gasteiger partial charge in [-0.3, -0.25) is 5.10 Å². The largest absolute Gasteiger partial charge is 0.477 e. The summed E-state index contributed by atoms with van der Waals surface area (Å²) in [5.74, 6) is 1.28. The minimum Gasteiger partial charge on any atom is -0.477 e. The number of anilines is 1. The Morgan fingerprint density at radius 3 is 2.95 bits per heavy atom. The number of ether oxygens (including phenoxy) is 1. The summed E-state index contributed by atoms with van der Waals surface area (Å²) in [6.07, 6.45) is 6.39. The van der Waals surface area contributed by atoms with E-state index in [1.165, 1.54) is 19.3 Å². The number of aromatic amines is 1. The van der Waals surface area contributed by atoms with Crippen LogP contribution in [0.25, 0.3) is 11.0 Å². The van der Waals surface area contributed by atoms with E-state index in [0.29, 0.717) is 24.1 Å². The van der Waals surface area contributed by atoms with Gasteiger partial charge in [0.25, 0.3) is 0 Å². The molecule has 1 atom stereocenters. The van der Waals surface area contributed by atoms with Crippen molar-refractivity contribution in [3.8, 4) is 5.88 Å². The van der Waals surface area contributed by atoms with Gasteiger partial charge in [0.05, 0.1) is 12.8 Å². The van der Waals surface area contributed by atoms with E-state index in [2.05, 4.69) is 34.0 Å². The van der Waals surface area contributed by atoms with E-state index in [4.69, 9.17) is 10.5 Å². The number of nitrogens with one attached hydrogen (secondary N) is 1. The first-order valence-corrected chi connectivity index (χ1v) is 6.84. The van der Waals surface area contributed by atoms with Gasteiger partial charge >= 0.3 is 0 Å². The fourth-order valence-electron chi connectivity index (χ4n) is 2.03. The number of nitrogens with two attached hydrogens (primary N) is 1. The molecular formula is C13H21N5O. The van der Waals surface area contributed by atoms with E-state index in [1.807, 2.05) is 0 Å². The van der Waals surface area contributed by atoms with E-state index >= 15 is 0 Å². The Balaban J connectivity index is 2.06. The third-order valence-electron chi connectivity index (χ3n) is 3.29. The lowest BCUT2D eigenvalue weighted by Crippen LogP contribution is -2.12. The zero-order valence-corrected chi connectivity index (χ0v) is 11.5. The van der Waals surface area contributed by atoms with Crippen molar-refractivity contribution in [2.24, 2.45) is 5.92 Å². The predicted octanol–water partition coefficient (Wildman–Crippen LogP) is 2.53. The highest BCUT2D eigenvalue weighted by atomic mass is 16.5. The maximum Gasteiger partial charge on any atom is 0.229 e. The molecule has 0 radical (unpaired) electrons. The van der Waals surface area contributed by atoms with Crippen LogP contribution in [0, 0.1) is 5.92 Å². The molecule has 2 aromatic heterocycles. The Bertz CT molecular complexity index is 525. The van der Waals surface area contributed by atoms with Crippen molar-refractivity contribution in [1.29, 1.82) is 0 Å². The first kappa shape index (κ1) is 13.6. The summed E-state index contributed by atoms with van der Waals surface area (Å²) >= 11 is 0. The molecule has 0 aliphatic rings. The van der Waals surface area contributed by atoms with Gasteiger partial charge in [-0.2, -0.15) is 15.1 Å². The third kappa shape index (κ3) is 3.33. The van der Waals surface area contributed by atoms with Crippen molar-refractivity contribution >= 4 is 17.0 Å². The van der Waals surface area contributed by atoms with Crippen LogP contribution in [-0.2, 0) is 0 Å². The highest BCUT2D eigenvalue weighted by Crippen LogP contribution is 2.22. The van der Waals surface area contributed by atoms with E-state index in [1.54, 1.807) is 6.20 Å². The minimum absolute atomic E-state index is 0.202. The standard InChI is InChI=1S/C13H21N5O/c1-3-5-6-9(4-2)8-19-12-10-7-15-18-11(10)16-13(14)17-12/h7,9H,3-6,8H2,1-2H3,(H3,14,15,16,17,18). The van der Waals surface area contributed by atoms with Crippen molar-refractivity contribution in [3.63, 3.8) is 0 Å². The molecule has 0 aliphatic heterocycles. The number of H-pyrrole nitrogens is 1. The van der Waals surface area contributed by atoms with Crippen LogP contribution in [0.2, 0.25) is 0 Å². The Morgan fingerprint density at radius 1 is 1.37 bits per heavy atom. The van der Waals surface area contributed by atoms with Crippen LogP contribution in [0.5, 0.6) is 5.88 Å². The van der Waals surface area contributed by atoms with Crippen LogP contribution in [-0.4, -0.2) is 26.8 Å². The van der Waals surface area contributed by atoms with Gasteiger partial charge in [0.1, 0.15) is 5.39 Å². The predicted molar refractivity (Wildman–Crippen MR) is 74.9 cm³/mol. The first-order valence-electron chi connectivity index (χ1n) is 6.84. The molecule has 0 saturated heterocycles. The van der Waals surface area contributed by atoms with Gasteiger partial charge in [0.15, 0.2) is 5.65 Å². The number of nitrogens with zero attached hydrogens (tertiary/aromatic N) is 3. The topological polar surface area (TPSA) is 89.7 Å². The Hall–Kier alpha value is -1.85. The Kier molecular flexibility index (Phi) is 4.54. The van der Waals surface area contributed by atoms with Crippen molar-refractivity contribution < 1.29 is 4.74 Å². The number of aromatic nitrogens is 4. The van der Waals surface area contributed by atoms with Crippen molar-refractivity contribution in [1.82, 2.24) is 20.2 Å². The van der Waals surface area contributed by atoms with Crippen LogP contribution in [0.3, 0.4) is 0 Å². The van der Waals surface area contributed by atoms with E-state index in [0.717, 1.165) is 11.8 Å². The molecule has 0 spiro atoms. The third-order valence-corrected chi connectivity index (χ3v) is 3.29. The zero-order chi connectivity index (χ0) is 13.7. The summed E-state index contributed by atoms with van der Waals surface area (Å²) in [5, 5.41) is 7.49. The highest BCUT2D eigenvalue weighted by Gasteiger charge is 2.12. The van der Waals surface area contributed by atoms with Gasteiger partial charge in [-0.1, -0.05) is 33.1 Å². The lowest BCUT2D eigenvalue weighted by Gasteiger charge is -2.15. The molecule has 1 unspecified atom stereocenters. The molecule has 0 bridgehead atoms. The Morgan fingerprint density at radius 2 is 2.21 bits per heavy atom. The number of unbranched alkanes of at least 4 members (excludes halogenated alkanes) is 1. The molecule has 6 nitrogen and oxygen atoms in total. The number of nitrogen functional groups attached to an aromatic ring is 1. The molecule has 19 heavy (non-hydrogen) atoms. The average Bonchev–Trinajstić information content (AvgIpc) is 2.86. The van der Waals surface area contributed by atoms with E-state index < -0.39 is 0 Å². The van der Waals surface area contributed by atoms with Gasteiger partial charge in [0, 0.05) is 0 Å². The number of rotatable bonds is 7. The average molecular weight is 263 g/mol. The van der Waals surface area contributed by atoms with E-state index in [-0.39, 0.29) is 5.95 Å². The summed E-state index contributed by atoms with van der Waals surface area (Å²) in [6, 6.07) is 0. The van der Waals surface area contributed by atoms with Crippen LogP contribution in [0.15, 0.2) is 6.20 Å². The molecule has 0 aliphatic carbocycles. The lowest BCUT2D eigenvalue weighted by molar-refractivity contribution is 0.228. The fraction of sp³-hybridized carbons (Fsp3) is 0.615. The lowest BCUT2D eigenvalue weighted by atomic mass is 10.0. The van der Waals surface area contributed by atoms with Gasteiger partial charge in [0.2, 0.25) is 11.8 Å². The molecule has 0 aromatic carbocycles. The molecule has 0 amide bonds. The number of fused-ring (bicyclic) bond motifs is 1. The SMILES string of the molecule is CCCCC(CC)COc1nc(N)nc2[nH]ncc12. The van der Waals surface area contributed by atoms with Crippen LogP contribution in [0.4, 0.5) is 5.95 Å². The van der Waals surface area contributed by atoms with Crippen LogP contribution in [0.1, 0.15) is 39.5 Å². The number of hydrogen-bond donors (Lipinski definition) is 2. The van der Waals surface area contributed by atoms with Gasteiger partial charge in [-0.15, -0.1) is 0 Å². The molecule has 2 aromatic rings. The van der Waals surface area contributed by atoms with Crippen molar-refractivity contribution in [2.75, 3.05) is 12.3 Å². The summed E-state index contributed by atoms with van der Waals surface area (Å²) in [5.41, 5.74) is 6.27. The molecule has 3 N–H and O–H groups in total. The molecule has 0 fully saturated rings. The normalized spacial score (nSPS) is 12.7. The molecular weight excluding hydrogens is 242 g/mol. The van der Waals surface area contributed by atoms with Gasteiger partial charge in [-0.25, -0.2) is 0 Å². The quantitative estimate of drug-likeness (QED) is 0.801. The second kappa shape index (κ2) is 6.36. The summed E-state index contributed by atoms with van der Waals surface area (Å²) in [4.78, 5) is 8.21. The van der Waals surface area contributed by atoms with Crippen molar-refractivity contribution in [3.05, 3.63) is 6.20 Å². The van der Waals surface area contributed by atoms with Gasteiger partial charge < -0.3 is 10.5 Å². The smallest absolute Gasteiger partial charge is 0.229 e. The van der Waals surface area contributed by atoms with Gasteiger partial charge in [-0.05, 0) is 12.3 Å². The molecule has 0 saturated carbocycles. The second-order valence-electron chi connectivity index (χ2n) is 4.75. The molecule has 2 rings (SSSR count). The molecule has 104 valence electrons. The fourth-order valence-corrected chi connectivity index (χ4v) is 2.03.